The Bertz CT molecular complexity index is 5220. The molecule has 35 heteroatoms. The Balaban J connectivity index is 0.000000220. The molecule has 2 saturated carbocycles. The summed E-state index contributed by atoms with van der Waals surface area (Å²) in [4.78, 5) is 134. The second-order valence-electron chi connectivity index (χ2n) is 38.9. The lowest BCUT2D eigenvalue weighted by Gasteiger charge is -2.36. The molecule has 0 radical (unpaired) electrons. The van der Waals surface area contributed by atoms with Crippen LogP contribution in [0.2, 0.25) is 5.28 Å². The lowest BCUT2D eigenvalue weighted by atomic mass is 9.90. The topological polar surface area (TPSA) is 375 Å². The molecular weight excluding hydrogens is 1710 g/mol. The van der Waals surface area contributed by atoms with Gasteiger partial charge in [-0.2, -0.15) is 30.4 Å². The number of aldehydes is 1. The Morgan fingerprint density at radius 1 is 0.611 bits per heavy atom. The Kier molecular flexibility index (Phi) is 32.2. The number of aliphatic hydroxyl groups is 1. The zero-order valence-corrected chi connectivity index (χ0v) is 81.4. The van der Waals surface area contributed by atoms with Gasteiger partial charge in [-0.05, 0) is 198 Å². The molecule has 10 atom stereocenters. The van der Waals surface area contributed by atoms with Gasteiger partial charge in [0.15, 0.2) is 11.6 Å². The fourth-order valence-corrected chi connectivity index (χ4v) is 21.3. The van der Waals surface area contributed by atoms with Crippen molar-refractivity contribution >= 4 is 125 Å². The molecule has 12 rings (SSSR count). The number of benzene rings is 2. The summed E-state index contributed by atoms with van der Waals surface area (Å²) in [5.41, 5.74) is 2.37. The van der Waals surface area contributed by atoms with Gasteiger partial charge in [0, 0.05) is 93.5 Å². The Morgan fingerprint density at radius 2 is 1.09 bits per heavy atom. The number of rotatable bonds is 19. The third-order valence-electron chi connectivity index (χ3n) is 23.9. The molecule has 30 nitrogen and oxygen atoms in total. The number of Topliss-reactive ketones (excluding diaryl/α,β-unsaturated/α-hetero) is 2. The van der Waals surface area contributed by atoms with E-state index in [-0.39, 0.29) is 87.4 Å². The molecule has 2 saturated heterocycles. The number of alkyl carbamates (subject to hydrolysis) is 2. The lowest BCUT2D eigenvalue weighted by molar-refractivity contribution is -0.140. The largest absolute Gasteiger partial charge is 0.459 e. The van der Waals surface area contributed by atoms with Crippen LogP contribution in [0.15, 0.2) is 60.7 Å². The van der Waals surface area contributed by atoms with Crippen molar-refractivity contribution in [2.24, 2.45) is 22.7 Å². The van der Waals surface area contributed by atoms with Crippen molar-refractivity contribution in [3.8, 4) is 27.2 Å². The van der Waals surface area contributed by atoms with Gasteiger partial charge >= 0.3 is 32.6 Å². The number of imidazole rings is 2. The van der Waals surface area contributed by atoms with Crippen molar-refractivity contribution in [3.05, 3.63) is 87.1 Å². The smallest absolute Gasteiger partial charge is 0.408 e. The molecular formula is C91H133ClN14O16S4. The van der Waals surface area contributed by atoms with Crippen LogP contribution in [0.5, 0.6) is 6.01 Å². The van der Waals surface area contributed by atoms with Crippen molar-refractivity contribution in [3.63, 3.8) is 0 Å². The monoisotopic (exact) mass is 1840 g/mol. The highest BCUT2D eigenvalue weighted by atomic mass is 35.5. The van der Waals surface area contributed by atoms with Crippen LogP contribution in [-0.4, -0.2) is 212 Å². The molecule has 0 unspecified atom stereocenters. The number of hydrogen-bond donors (Lipinski definition) is 5. The van der Waals surface area contributed by atoms with Crippen LogP contribution in [-0.2, 0) is 58.7 Å². The molecule has 4 aliphatic heterocycles. The van der Waals surface area contributed by atoms with E-state index in [0.29, 0.717) is 80.3 Å². The third-order valence-corrected chi connectivity index (χ3v) is 29.8. The number of carbonyl (C=O) groups is 8. The fraction of sp³-hybridized carbons (Fsp3) is 0.648. The van der Waals surface area contributed by atoms with Crippen molar-refractivity contribution in [1.82, 2.24) is 67.6 Å². The fourth-order valence-electron chi connectivity index (χ4n) is 17.2. The van der Waals surface area contributed by atoms with E-state index in [2.05, 4.69) is 117 Å². The summed E-state index contributed by atoms with van der Waals surface area (Å²) in [6.07, 6.45) is 12.2. The minimum Gasteiger partial charge on any atom is -0.459 e. The molecule has 0 bridgehead atoms. The molecule has 6 aromatic rings. The normalized spacial score (nSPS) is 24.9. The number of hydrogen-bond acceptors (Lipinski definition) is 23. The first-order chi connectivity index (χ1) is 58.9. The molecule has 0 spiro atoms. The van der Waals surface area contributed by atoms with Gasteiger partial charge in [-0.15, -0.1) is 22.7 Å². The van der Waals surface area contributed by atoms with Crippen molar-refractivity contribution < 1.29 is 74.5 Å². The van der Waals surface area contributed by atoms with Crippen LogP contribution in [0.25, 0.3) is 43.2 Å². The number of fused-ring (bicyclic) bond motifs is 6. The van der Waals surface area contributed by atoms with Crippen LogP contribution < -0.4 is 24.8 Å². The molecule has 4 aromatic heterocycles. The van der Waals surface area contributed by atoms with Gasteiger partial charge in [-0.25, -0.2) is 34.0 Å². The zero-order chi connectivity index (χ0) is 93.0. The summed E-state index contributed by atoms with van der Waals surface area (Å²) >= 11 is 9.85. The number of aromatic nitrogens is 6. The van der Waals surface area contributed by atoms with Gasteiger partial charge in [-0.1, -0.05) is 118 Å². The summed E-state index contributed by atoms with van der Waals surface area (Å²) in [6.45, 7) is 36.3. The lowest BCUT2D eigenvalue weighted by Crippen LogP contribution is -2.59. The van der Waals surface area contributed by atoms with E-state index in [4.69, 9.17) is 40.8 Å². The van der Waals surface area contributed by atoms with Crippen molar-refractivity contribution in [2.45, 2.75) is 310 Å². The van der Waals surface area contributed by atoms with E-state index in [0.717, 1.165) is 83.2 Å². The standard InChI is InChI=1S/C45H65N7O8S2.C27H44N4O8S.C19H24ClN3S/c1-26(2)36-38(27(3)4)61-39(47-36)31-19-17-21-33-37(31)48-42(52(33)28(5)6)59-30-22-34-35(53)24-45(41(55)49-62(57,58)50(10)11)23-29(45)18-15-13-12-14-16-20-32(40(54)51(34)25-30)46-43(56)60-44(7,8)9;1-25(2,3)39-24(36)28-26(18-32)12-10-8-6-7-9-11-19-14-27(19,23(35)29-40(37,38)30(4)5)15-22(34)21-13-20(33)16-31(21)17-26;1-10(2)15-17(11(3)4)24-18(21-15)13-8-7-9-14-16(13)22-19(20)23(14)12(5)6/h15,17-19,21,26-30,32,34H,12-14,16,20,22-25H2,1-11H3,(H,46,56)(H,49,55);9,11,18-21,33H,6-8,10,12-17H2,1-5H3,(H,28,36)(H,29,35);7-12H,1-6H3/b18-15-;11-9-;/t29-,30-,32+,34+,45-;19-,20-,21+,26+,27-;/m11./s1. The molecule has 694 valence electrons. The van der Waals surface area contributed by atoms with Crippen LogP contribution >= 0.6 is 34.3 Å². The van der Waals surface area contributed by atoms with E-state index in [9.17, 15) is 60.3 Å². The van der Waals surface area contributed by atoms with Crippen LogP contribution in [0.3, 0.4) is 0 Å². The molecule has 6 aliphatic rings. The maximum atomic E-state index is 14.8. The number of thiazole rings is 2. The van der Waals surface area contributed by atoms with E-state index in [1.54, 1.807) is 69.1 Å². The number of amides is 5. The second-order valence-corrected chi connectivity index (χ2v) is 45.0. The predicted molar refractivity (Wildman–Crippen MR) is 492 cm³/mol. The summed E-state index contributed by atoms with van der Waals surface area (Å²) in [6, 6.07) is 9.95. The minimum atomic E-state index is -4.15. The highest BCUT2D eigenvalue weighted by Gasteiger charge is 2.63. The van der Waals surface area contributed by atoms with Gasteiger partial charge in [0.2, 0.25) is 23.0 Å². The van der Waals surface area contributed by atoms with Crippen molar-refractivity contribution in [2.75, 3.05) is 47.8 Å². The molecule has 2 aliphatic carbocycles. The molecule has 126 heavy (non-hydrogen) atoms. The Morgan fingerprint density at radius 3 is 1.55 bits per heavy atom. The number of nitrogens with one attached hydrogen (secondary N) is 4. The summed E-state index contributed by atoms with van der Waals surface area (Å²) in [5, 5.41) is 18.5. The molecule has 5 amide bonds. The van der Waals surface area contributed by atoms with Gasteiger partial charge in [0.05, 0.1) is 58.0 Å². The first-order valence-corrected chi connectivity index (χ1v) is 49.2. The van der Waals surface area contributed by atoms with Gasteiger partial charge in [-0.3, -0.25) is 33.4 Å². The number of ketones is 2. The summed E-state index contributed by atoms with van der Waals surface area (Å²) < 4.78 is 78.4. The van der Waals surface area contributed by atoms with Gasteiger partial charge < -0.3 is 44.2 Å². The average molecular weight is 1840 g/mol. The highest BCUT2D eigenvalue weighted by molar-refractivity contribution is 7.88. The van der Waals surface area contributed by atoms with Crippen LogP contribution in [0, 0.1) is 22.7 Å². The number of para-hydroxylation sites is 2. The molecule has 4 fully saturated rings. The van der Waals surface area contributed by atoms with Gasteiger partial charge in [0.1, 0.15) is 56.2 Å². The summed E-state index contributed by atoms with van der Waals surface area (Å²) in [7, 11) is -2.94. The SMILES string of the molecule is CC(C)c1nc(-c2cccc3c2nc(Cl)n3C(C)C)sc1C(C)C.CC(C)c1nc(-c2cccc3c2nc(O[C@@H]2C[C@H]4C(=O)C[C@]5(C(=O)NS(=O)(=O)N(C)C)C[C@H]5/C=C\CCCCC[C@H](NC(=O)OC(C)(C)C)C(=O)N4C2)n3C(C)C)sc1C(C)C.CN(C)S(=O)(=O)NC(=O)[C@]12CC(=O)[C@@H]3C[C@@H](O)CN3C[C@@](C=O)(NC(=O)OC(C)(C)C)CCCCC/C=C\[C@@H]1C2. The molecule has 5 N–H and O–H groups in total. The van der Waals surface area contributed by atoms with E-state index in [1.165, 1.54) is 48.5 Å². The third kappa shape index (κ3) is 23.7. The quantitative estimate of drug-likeness (QED) is 0.0371. The van der Waals surface area contributed by atoms with Gasteiger partial charge in [0.25, 0.3) is 6.01 Å². The van der Waals surface area contributed by atoms with Crippen LogP contribution in [0.1, 0.15) is 284 Å². The number of ether oxygens (including phenoxy) is 3. The number of allylic oxidation sites excluding steroid dienone is 4. The first-order valence-electron chi connectivity index (χ1n) is 44.3. The van der Waals surface area contributed by atoms with E-state index < -0.39 is 114 Å². The number of carbonyl (C=O) groups excluding carboxylic acids is 8. The van der Waals surface area contributed by atoms with Crippen molar-refractivity contribution in [1.29, 1.82) is 0 Å². The second kappa shape index (κ2) is 40.5. The maximum absolute atomic E-state index is 14.8. The summed E-state index contributed by atoms with van der Waals surface area (Å²) in [5.74, 6) is -1.86. The Hall–Kier alpha value is -8.09. The highest BCUT2D eigenvalue weighted by Crippen LogP contribution is 2.59. The molecule has 2 aromatic carbocycles. The van der Waals surface area contributed by atoms with E-state index in [1.807, 2.05) is 60.9 Å². The molecule has 8 heterocycles. The zero-order valence-electron chi connectivity index (χ0n) is 77.3. The number of nitrogens with zero attached hydrogens (tertiary/aromatic N) is 10. The number of halogens is 1. The first kappa shape index (κ1) is 100. The van der Waals surface area contributed by atoms with Crippen LogP contribution in [0.4, 0.5) is 9.59 Å². The number of aliphatic hydroxyl groups excluding tert-OH is 1. The predicted octanol–water partition coefficient (Wildman–Crippen LogP) is 15.6. The van der Waals surface area contributed by atoms with E-state index >= 15 is 0 Å². The Labute approximate surface area is 756 Å². The average Bonchev–Trinajstić information content (AvgIpc) is 1.58. The minimum absolute atomic E-state index is 0.00933. The maximum Gasteiger partial charge on any atom is 0.408 e.